The number of hydrogen-bond acceptors (Lipinski definition) is 6. The molecule has 0 bridgehead atoms. The Labute approximate surface area is 158 Å². The number of thiazole rings is 2. The number of aryl methyl sites for hydroxylation is 2. The minimum Gasteiger partial charge on any atom is -0.378 e. The summed E-state index contributed by atoms with van der Waals surface area (Å²) in [6, 6.07) is 7.48. The lowest BCUT2D eigenvalue weighted by Gasteiger charge is -2.00. The van der Waals surface area contributed by atoms with Crippen LogP contribution in [0.2, 0.25) is 5.02 Å². The number of anilines is 1. The van der Waals surface area contributed by atoms with Crippen LogP contribution in [0, 0.1) is 13.8 Å². The number of nitrogens with zero attached hydrogens (tertiary/aromatic N) is 2. The number of carbonyl (C=O) groups excluding carboxylic acids is 1. The quantitative estimate of drug-likeness (QED) is 0.667. The second kappa shape index (κ2) is 7.61. The molecular weight excluding hydrogens is 378 g/mol. The Hall–Kier alpha value is -1.80. The number of halogens is 1. The monoisotopic (exact) mass is 393 g/mol. The summed E-state index contributed by atoms with van der Waals surface area (Å²) in [5.41, 5.74) is 2.51. The molecule has 8 heteroatoms. The maximum Gasteiger partial charge on any atom is 0.269 e. The van der Waals surface area contributed by atoms with Crippen molar-refractivity contribution >= 4 is 45.3 Å². The molecule has 0 unspecified atom stereocenters. The third-order valence-corrected chi connectivity index (χ3v) is 5.72. The molecule has 3 aromatic rings. The topological polar surface area (TPSA) is 64.1 Å². The van der Waals surface area contributed by atoms with E-state index in [-0.39, 0.29) is 5.91 Å². The lowest BCUT2D eigenvalue weighted by atomic mass is 10.1. The number of rotatable bonds is 5. The van der Waals surface area contributed by atoms with Gasteiger partial charge in [-0.25, -0.2) is 9.97 Å². The van der Waals surface area contributed by atoms with Gasteiger partial charge in [0, 0.05) is 22.6 Å². The van der Waals surface area contributed by atoms with Gasteiger partial charge in [-0.15, -0.1) is 22.7 Å². The normalized spacial score (nSPS) is 10.9. The Morgan fingerprint density at radius 3 is 2.60 bits per heavy atom. The number of carbonyl (C=O) groups is 1. The Balaban J connectivity index is 1.80. The van der Waals surface area contributed by atoms with Gasteiger partial charge in [-0.2, -0.15) is 0 Å². The highest BCUT2D eigenvalue weighted by molar-refractivity contribution is 7.16. The standard InChI is InChI=1S/C17H16ClN3O2S2/c1-9-15(25-13(19-9)8-23-3)16(22)21-17-20-14(10(2)24-17)11-4-6-12(18)7-5-11/h4-7H,8H2,1-3H3,(H,20,21,22). The SMILES string of the molecule is COCc1nc(C)c(C(=O)Nc2nc(-c3ccc(Cl)cc3)c(C)s2)s1. The fourth-order valence-electron chi connectivity index (χ4n) is 2.33. The first-order valence-corrected chi connectivity index (χ1v) is 9.49. The highest BCUT2D eigenvalue weighted by Gasteiger charge is 2.18. The molecular formula is C17H16ClN3O2S2. The van der Waals surface area contributed by atoms with Crippen molar-refractivity contribution in [3.63, 3.8) is 0 Å². The molecule has 0 aliphatic carbocycles. The molecule has 1 amide bonds. The summed E-state index contributed by atoms with van der Waals surface area (Å²) in [7, 11) is 1.60. The highest BCUT2D eigenvalue weighted by atomic mass is 35.5. The molecule has 0 saturated heterocycles. The van der Waals surface area contributed by atoms with Gasteiger partial charge in [0.2, 0.25) is 0 Å². The van der Waals surface area contributed by atoms with Gasteiger partial charge in [-0.05, 0) is 26.0 Å². The zero-order valence-corrected chi connectivity index (χ0v) is 16.3. The third kappa shape index (κ3) is 4.07. The van der Waals surface area contributed by atoms with Crippen LogP contribution in [0.4, 0.5) is 5.13 Å². The summed E-state index contributed by atoms with van der Waals surface area (Å²) in [4.78, 5) is 23.0. The fourth-order valence-corrected chi connectivity index (χ4v) is 4.22. The van der Waals surface area contributed by atoms with Crippen LogP contribution in [0.5, 0.6) is 0 Å². The molecule has 3 rings (SSSR count). The largest absolute Gasteiger partial charge is 0.378 e. The van der Waals surface area contributed by atoms with Crippen LogP contribution >= 0.6 is 34.3 Å². The number of nitrogens with one attached hydrogen (secondary N) is 1. The van der Waals surface area contributed by atoms with Gasteiger partial charge < -0.3 is 4.74 Å². The van der Waals surface area contributed by atoms with E-state index in [2.05, 4.69) is 15.3 Å². The van der Waals surface area contributed by atoms with E-state index in [4.69, 9.17) is 16.3 Å². The van der Waals surface area contributed by atoms with E-state index in [9.17, 15) is 4.79 Å². The predicted octanol–water partition coefficient (Wildman–Crippen LogP) is 4.94. The molecule has 0 radical (unpaired) electrons. The third-order valence-electron chi connectivity index (χ3n) is 3.45. The van der Waals surface area contributed by atoms with E-state index in [1.807, 2.05) is 38.1 Å². The van der Waals surface area contributed by atoms with E-state index < -0.39 is 0 Å². The first-order valence-electron chi connectivity index (χ1n) is 7.48. The lowest BCUT2D eigenvalue weighted by molar-refractivity contribution is 0.103. The molecule has 0 aliphatic heterocycles. The van der Waals surface area contributed by atoms with E-state index >= 15 is 0 Å². The molecule has 0 aliphatic rings. The number of benzene rings is 1. The molecule has 25 heavy (non-hydrogen) atoms. The minimum atomic E-state index is -0.200. The van der Waals surface area contributed by atoms with E-state index in [0.29, 0.717) is 27.3 Å². The summed E-state index contributed by atoms with van der Waals surface area (Å²) in [5.74, 6) is -0.200. The molecule has 1 N–H and O–H groups in total. The molecule has 2 aromatic heterocycles. The van der Waals surface area contributed by atoms with Gasteiger partial charge in [-0.1, -0.05) is 23.7 Å². The summed E-state index contributed by atoms with van der Waals surface area (Å²) < 4.78 is 5.07. The summed E-state index contributed by atoms with van der Waals surface area (Å²) >= 11 is 8.71. The summed E-state index contributed by atoms with van der Waals surface area (Å²) in [6.07, 6.45) is 0. The first kappa shape index (κ1) is 18.0. The average Bonchev–Trinajstić information content (AvgIpc) is 3.11. The molecule has 0 atom stereocenters. The number of aromatic nitrogens is 2. The van der Waals surface area contributed by atoms with Crippen molar-refractivity contribution in [1.82, 2.24) is 9.97 Å². The average molecular weight is 394 g/mol. The van der Waals surface area contributed by atoms with Crippen molar-refractivity contribution in [2.45, 2.75) is 20.5 Å². The van der Waals surface area contributed by atoms with Crippen LogP contribution in [0.3, 0.4) is 0 Å². The molecule has 0 saturated carbocycles. The van der Waals surface area contributed by atoms with Crippen LogP contribution in [0.1, 0.15) is 25.3 Å². The van der Waals surface area contributed by atoms with Crippen molar-refractivity contribution in [3.8, 4) is 11.3 Å². The molecule has 0 spiro atoms. The molecule has 2 heterocycles. The molecule has 0 fully saturated rings. The van der Waals surface area contributed by atoms with Crippen molar-refractivity contribution in [2.75, 3.05) is 12.4 Å². The Morgan fingerprint density at radius 1 is 1.20 bits per heavy atom. The van der Waals surface area contributed by atoms with Crippen LogP contribution in [-0.4, -0.2) is 23.0 Å². The van der Waals surface area contributed by atoms with Crippen molar-refractivity contribution in [2.24, 2.45) is 0 Å². The van der Waals surface area contributed by atoms with Gasteiger partial charge in [0.05, 0.1) is 18.0 Å². The zero-order chi connectivity index (χ0) is 18.0. The first-order chi connectivity index (χ1) is 12.0. The zero-order valence-electron chi connectivity index (χ0n) is 13.9. The van der Waals surface area contributed by atoms with E-state index in [0.717, 1.165) is 21.1 Å². The van der Waals surface area contributed by atoms with Crippen molar-refractivity contribution < 1.29 is 9.53 Å². The Kier molecular flexibility index (Phi) is 5.48. The minimum absolute atomic E-state index is 0.200. The fraction of sp³-hybridized carbons (Fsp3) is 0.235. The van der Waals surface area contributed by atoms with E-state index in [1.54, 1.807) is 7.11 Å². The maximum atomic E-state index is 12.5. The van der Waals surface area contributed by atoms with Crippen LogP contribution in [-0.2, 0) is 11.3 Å². The second-order valence-electron chi connectivity index (χ2n) is 5.34. The van der Waals surface area contributed by atoms with E-state index in [1.165, 1.54) is 22.7 Å². The summed E-state index contributed by atoms with van der Waals surface area (Å²) in [5, 5.41) is 4.89. The van der Waals surface area contributed by atoms with Crippen molar-refractivity contribution in [3.05, 3.63) is 49.7 Å². The number of methoxy groups -OCH3 is 1. The Bertz CT molecular complexity index is 903. The van der Waals surface area contributed by atoms with Crippen molar-refractivity contribution in [1.29, 1.82) is 0 Å². The molecule has 5 nitrogen and oxygen atoms in total. The molecule has 1 aromatic carbocycles. The molecule has 130 valence electrons. The van der Waals surface area contributed by atoms with Gasteiger partial charge >= 0.3 is 0 Å². The second-order valence-corrected chi connectivity index (χ2v) is 8.06. The maximum absolute atomic E-state index is 12.5. The predicted molar refractivity (Wildman–Crippen MR) is 103 cm³/mol. The van der Waals surface area contributed by atoms with Gasteiger partial charge in [0.1, 0.15) is 9.88 Å². The smallest absolute Gasteiger partial charge is 0.269 e. The highest BCUT2D eigenvalue weighted by Crippen LogP contribution is 2.31. The van der Waals surface area contributed by atoms with Crippen LogP contribution in [0.15, 0.2) is 24.3 Å². The Morgan fingerprint density at radius 2 is 1.92 bits per heavy atom. The lowest BCUT2D eigenvalue weighted by Crippen LogP contribution is -2.11. The number of hydrogen-bond donors (Lipinski definition) is 1. The summed E-state index contributed by atoms with van der Waals surface area (Å²) in [6.45, 7) is 4.19. The van der Waals surface area contributed by atoms with Crippen LogP contribution in [0.25, 0.3) is 11.3 Å². The van der Waals surface area contributed by atoms with Gasteiger partial charge in [0.15, 0.2) is 5.13 Å². The van der Waals surface area contributed by atoms with Gasteiger partial charge in [-0.3, -0.25) is 10.1 Å². The van der Waals surface area contributed by atoms with Gasteiger partial charge in [0.25, 0.3) is 5.91 Å². The van der Waals surface area contributed by atoms with Crippen LogP contribution < -0.4 is 5.32 Å². The number of amides is 1. The number of ether oxygens (including phenoxy) is 1.